The summed E-state index contributed by atoms with van der Waals surface area (Å²) in [5, 5.41) is 0. The normalized spacial score (nSPS) is 14.6. The Morgan fingerprint density at radius 3 is 2.48 bits per heavy atom. The number of sulfonamides is 1. The van der Waals surface area contributed by atoms with E-state index in [-0.39, 0.29) is 0 Å². The third kappa shape index (κ3) is 5.11. The summed E-state index contributed by atoms with van der Waals surface area (Å²) in [6.07, 6.45) is 8.91. The predicted molar refractivity (Wildman–Crippen MR) is 86.6 cm³/mol. The van der Waals surface area contributed by atoms with Crippen LogP contribution in [0.25, 0.3) is 0 Å². The second kappa shape index (κ2) is 6.92. The maximum Gasteiger partial charge on any atom is 0.211 e. The summed E-state index contributed by atoms with van der Waals surface area (Å²) in [5.74, 6) is 1.49. The predicted octanol–water partition coefficient (Wildman–Crippen LogP) is 2.44. The number of nitrogens with zero attached hydrogens (tertiary/aromatic N) is 3. The fourth-order valence-electron chi connectivity index (χ4n) is 2.82. The van der Waals surface area contributed by atoms with E-state index in [0.717, 1.165) is 31.5 Å². The maximum atomic E-state index is 11.8. The molecule has 1 aromatic heterocycles. The van der Waals surface area contributed by atoms with Gasteiger partial charge in [-0.25, -0.2) is 13.4 Å². The van der Waals surface area contributed by atoms with E-state index >= 15 is 0 Å². The molecule has 1 atom stereocenters. The summed E-state index contributed by atoms with van der Waals surface area (Å²) in [6.45, 7) is 6.16. The van der Waals surface area contributed by atoms with Crippen molar-refractivity contribution in [2.24, 2.45) is 13.0 Å². The average molecular weight is 315 g/mol. The van der Waals surface area contributed by atoms with E-state index in [1.165, 1.54) is 10.6 Å². The van der Waals surface area contributed by atoms with Crippen LogP contribution in [0.5, 0.6) is 0 Å². The van der Waals surface area contributed by atoms with Crippen molar-refractivity contribution in [1.82, 2.24) is 13.9 Å². The van der Waals surface area contributed by atoms with E-state index in [2.05, 4.69) is 11.9 Å². The van der Waals surface area contributed by atoms with Gasteiger partial charge in [0, 0.05) is 38.4 Å². The molecule has 0 bridgehead atoms. The van der Waals surface area contributed by atoms with Gasteiger partial charge in [-0.05, 0) is 26.2 Å². The van der Waals surface area contributed by atoms with Gasteiger partial charge >= 0.3 is 0 Å². The van der Waals surface area contributed by atoms with Crippen molar-refractivity contribution in [3.63, 3.8) is 0 Å². The zero-order valence-electron chi connectivity index (χ0n) is 14.1. The van der Waals surface area contributed by atoms with E-state index in [0.29, 0.717) is 5.92 Å². The number of aromatic nitrogens is 2. The van der Waals surface area contributed by atoms with E-state index in [1.54, 1.807) is 7.05 Å². The minimum absolute atomic E-state index is 0.390. The Hall–Kier alpha value is -0.880. The van der Waals surface area contributed by atoms with Crippen molar-refractivity contribution in [2.45, 2.75) is 52.0 Å². The average Bonchev–Trinajstić information content (AvgIpc) is 2.72. The van der Waals surface area contributed by atoms with Gasteiger partial charge in [-0.3, -0.25) is 0 Å². The largest absolute Gasteiger partial charge is 0.338 e. The highest BCUT2D eigenvalue weighted by molar-refractivity contribution is 7.88. The lowest BCUT2D eigenvalue weighted by atomic mass is 9.85. The van der Waals surface area contributed by atoms with E-state index in [1.807, 2.05) is 37.9 Å². The number of hydrogen-bond acceptors (Lipinski definition) is 3. The van der Waals surface area contributed by atoms with Crippen molar-refractivity contribution in [1.29, 1.82) is 0 Å². The number of hydrogen-bond donors (Lipinski definition) is 0. The monoisotopic (exact) mass is 315 g/mol. The molecule has 0 aliphatic rings. The van der Waals surface area contributed by atoms with Gasteiger partial charge in [0.15, 0.2) is 0 Å². The van der Waals surface area contributed by atoms with Gasteiger partial charge in [-0.2, -0.15) is 4.31 Å². The third-order valence-electron chi connectivity index (χ3n) is 4.23. The quantitative estimate of drug-likeness (QED) is 0.740. The molecule has 0 aromatic carbocycles. The SMILES string of the molecule is CCCC(Cc1nccn1C)CC(C)(C)N(C)S(C)(=O)=O. The van der Waals surface area contributed by atoms with Gasteiger partial charge in [0.1, 0.15) is 5.82 Å². The van der Waals surface area contributed by atoms with Crippen molar-refractivity contribution >= 4 is 10.0 Å². The first-order valence-electron chi connectivity index (χ1n) is 7.48. The first-order chi connectivity index (χ1) is 9.58. The van der Waals surface area contributed by atoms with Crippen LogP contribution in [-0.4, -0.2) is 41.1 Å². The fraction of sp³-hybridized carbons (Fsp3) is 0.800. The molecule has 1 rings (SSSR count). The summed E-state index contributed by atoms with van der Waals surface area (Å²) < 4.78 is 27.1. The summed E-state index contributed by atoms with van der Waals surface area (Å²) in [4.78, 5) is 4.39. The van der Waals surface area contributed by atoms with E-state index < -0.39 is 15.6 Å². The molecular weight excluding hydrogens is 286 g/mol. The molecule has 1 unspecified atom stereocenters. The summed E-state index contributed by atoms with van der Waals surface area (Å²) in [7, 11) is 0.486. The molecule has 0 fully saturated rings. The first-order valence-corrected chi connectivity index (χ1v) is 9.33. The molecule has 0 aliphatic heterocycles. The Labute approximate surface area is 129 Å². The standard InChI is InChI=1S/C15H29N3O2S/c1-7-8-13(11-14-16-9-10-17(14)4)12-15(2,3)18(5)21(6,19)20/h9-10,13H,7-8,11-12H2,1-6H3. The van der Waals surface area contributed by atoms with Crippen LogP contribution in [0.3, 0.4) is 0 Å². The topological polar surface area (TPSA) is 55.2 Å². The molecule has 0 saturated heterocycles. The van der Waals surface area contributed by atoms with Gasteiger partial charge in [0.25, 0.3) is 0 Å². The lowest BCUT2D eigenvalue weighted by Crippen LogP contribution is -2.45. The van der Waals surface area contributed by atoms with E-state index in [4.69, 9.17) is 0 Å². The molecule has 0 radical (unpaired) electrons. The molecule has 1 heterocycles. The molecule has 0 aliphatic carbocycles. The van der Waals surface area contributed by atoms with Crippen molar-refractivity contribution in [3.05, 3.63) is 18.2 Å². The highest BCUT2D eigenvalue weighted by Crippen LogP contribution is 2.29. The molecular formula is C15H29N3O2S. The Morgan fingerprint density at radius 1 is 1.43 bits per heavy atom. The number of rotatable bonds is 8. The van der Waals surface area contributed by atoms with Crippen LogP contribution in [0.15, 0.2) is 12.4 Å². The molecule has 5 nitrogen and oxygen atoms in total. The van der Waals surface area contributed by atoms with Crippen LogP contribution in [0.1, 0.15) is 45.9 Å². The van der Waals surface area contributed by atoms with Crippen LogP contribution in [0, 0.1) is 5.92 Å². The molecule has 122 valence electrons. The highest BCUT2D eigenvalue weighted by Gasteiger charge is 2.32. The molecule has 6 heteroatoms. The smallest absolute Gasteiger partial charge is 0.211 e. The van der Waals surface area contributed by atoms with Crippen LogP contribution < -0.4 is 0 Å². The van der Waals surface area contributed by atoms with E-state index in [9.17, 15) is 8.42 Å². The lowest BCUT2D eigenvalue weighted by Gasteiger charge is -2.36. The summed E-state index contributed by atoms with van der Waals surface area (Å²) >= 11 is 0. The van der Waals surface area contributed by atoms with Gasteiger partial charge in [-0.1, -0.05) is 19.8 Å². The number of aryl methyl sites for hydroxylation is 1. The zero-order chi connectivity index (χ0) is 16.3. The van der Waals surface area contributed by atoms with Gasteiger partial charge in [-0.15, -0.1) is 0 Å². The van der Waals surface area contributed by atoms with Crippen LogP contribution >= 0.6 is 0 Å². The molecule has 1 aromatic rings. The molecule has 0 N–H and O–H groups in total. The Balaban J connectivity index is 2.85. The minimum Gasteiger partial charge on any atom is -0.338 e. The lowest BCUT2D eigenvalue weighted by molar-refractivity contribution is 0.203. The Morgan fingerprint density at radius 2 is 2.05 bits per heavy atom. The summed E-state index contributed by atoms with van der Waals surface area (Å²) in [5.41, 5.74) is -0.390. The minimum atomic E-state index is -3.18. The van der Waals surface area contributed by atoms with Crippen molar-refractivity contribution in [3.8, 4) is 0 Å². The Kier molecular flexibility index (Phi) is 5.99. The molecule has 21 heavy (non-hydrogen) atoms. The molecule has 0 saturated carbocycles. The molecule has 0 spiro atoms. The van der Waals surface area contributed by atoms with Crippen LogP contribution in [0.4, 0.5) is 0 Å². The fourth-order valence-corrected chi connectivity index (χ4v) is 3.79. The molecule has 0 amide bonds. The van der Waals surface area contributed by atoms with Crippen molar-refractivity contribution < 1.29 is 8.42 Å². The zero-order valence-corrected chi connectivity index (χ0v) is 14.9. The maximum absolute atomic E-state index is 11.8. The second-order valence-corrected chi connectivity index (χ2v) is 8.57. The van der Waals surface area contributed by atoms with Crippen LogP contribution in [-0.2, 0) is 23.5 Å². The first kappa shape index (κ1) is 18.2. The van der Waals surface area contributed by atoms with Crippen molar-refractivity contribution in [2.75, 3.05) is 13.3 Å². The van der Waals surface area contributed by atoms with Crippen LogP contribution in [0.2, 0.25) is 0 Å². The van der Waals surface area contributed by atoms with Gasteiger partial charge < -0.3 is 4.57 Å². The van der Waals surface area contributed by atoms with Gasteiger partial charge in [0.05, 0.1) is 6.26 Å². The Bertz CT molecular complexity index is 549. The third-order valence-corrected chi connectivity index (χ3v) is 5.72. The summed E-state index contributed by atoms with van der Waals surface area (Å²) in [6, 6.07) is 0. The van der Waals surface area contributed by atoms with Gasteiger partial charge in [0.2, 0.25) is 10.0 Å². The number of imidazole rings is 1. The second-order valence-electron chi connectivity index (χ2n) is 6.56. The highest BCUT2D eigenvalue weighted by atomic mass is 32.2.